The summed E-state index contributed by atoms with van der Waals surface area (Å²) in [5.74, 6) is -0.166. The Labute approximate surface area is 155 Å². The van der Waals surface area contributed by atoms with Crippen LogP contribution in [0.5, 0.6) is 0 Å². The van der Waals surface area contributed by atoms with Crippen molar-refractivity contribution in [2.24, 2.45) is 0 Å². The summed E-state index contributed by atoms with van der Waals surface area (Å²) in [5.41, 5.74) is 3.79. The van der Waals surface area contributed by atoms with Gasteiger partial charge in [0.1, 0.15) is 0 Å². The number of amides is 1. The SMILES string of the molecule is O=C(/C=C/c1cc2c(cn1)[nH]c1ccccc12)NCc1ccc(Cl)cc1. The van der Waals surface area contributed by atoms with E-state index in [1.807, 2.05) is 36.4 Å². The Morgan fingerprint density at radius 1 is 1.08 bits per heavy atom. The molecule has 2 aromatic carbocycles. The van der Waals surface area contributed by atoms with E-state index >= 15 is 0 Å². The maximum Gasteiger partial charge on any atom is 0.244 e. The van der Waals surface area contributed by atoms with Gasteiger partial charge in [-0.25, -0.2) is 0 Å². The van der Waals surface area contributed by atoms with E-state index in [1.54, 1.807) is 24.4 Å². The van der Waals surface area contributed by atoms with Gasteiger partial charge in [0.2, 0.25) is 5.91 Å². The molecule has 2 heterocycles. The number of halogens is 1. The summed E-state index contributed by atoms with van der Waals surface area (Å²) < 4.78 is 0. The van der Waals surface area contributed by atoms with E-state index in [4.69, 9.17) is 11.6 Å². The van der Waals surface area contributed by atoms with E-state index in [2.05, 4.69) is 21.4 Å². The quantitative estimate of drug-likeness (QED) is 0.518. The van der Waals surface area contributed by atoms with Crippen LogP contribution in [0.4, 0.5) is 0 Å². The molecule has 0 atom stereocenters. The average molecular weight is 362 g/mol. The number of H-pyrrole nitrogens is 1. The van der Waals surface area contributed by atoms with Crippen LogP contribution in [-0.2, 0) is 11.3 Å². The molecule has 4 nitrogen and oxygen atoms in total. The van der Waals surface area contributed by atoms with Gasteiger partial charge < -0.3 is 10.3 Å². The van der Waals surface area contributed by atoms with Gasteiger partial charge in [-0.15, -0.1) is 0 Å². The predicted octanol–water partition coefficient (Wildman–Crippen LogP) is 4.70. The van der Waals surface area contributed by atoms with Gasteiger partial charge in [-0.2, -0.15) is 0 Å². The van der Waals surface area contributed by atoms with Gasteiger partial charge in [0.05, 0.1) is 17.4 Å². The zero-order chi connectivity index (χ0) is 17.9. The molecule has 4 rings (SSSR count). The number of fused-ring (bicyclic) bond motifs is 3. The summed E-state index contributed by atoms with van der Waals surface area (Å²) in [5, 5.41) is 5.77. The van der Waals surface area contributed by atoms with Gasteiger partial charge >= 0.3 is 0 Å². The highest BCUT2D eigenvalue weighted by atomic mass is 35.5. The van der Waals surface area contributed by atoms with Crippen molar-refractivity contribution in [3.05, 3.63) is 83.2 Å². The summed E-state index contributed by atoms with van der Waals surface area (Å²) in [7, 11) is 0. The lowest BCUT2D eigenvalue weighted by Gasteiger charge is -2.02. The number of rotatable bonds is 4. The van der Waals surface area contributed by atoms with E-state index in [1.165, 1.54) is 6.08 Å². The molecule has 5 heteroatoms. The van der Waals surface area contributed by atoms with Crippen molar-refractivity contribution in [1.29, 1.82) is 0 Å². The second-order valence-corrected chi connectivity index (χ2v) is 6.44. The first-order valence-electron chi connectivity index (χ1n) is 8.26. The van der Waals surface area contributed by atoms with Gasteiger partial charge in [-0.1, -0.05) is 41.9 Å². The first kappa shape index (κ1) is 16.4. The highest BCUT2D eigenvalue weighted by molar-refractivity contribution is 6.30. The average Bonchev–Trinajstić information content (AvgIpc) is 3.04. The molecule has 0 radical (unpaired) electrons. The van der Waals surface area contributed by atoms with Gasteiger partial charge in [0.25, 0.3) is 0 Å². The predicted molar refractivity (Wildman–Crippen MR) is 106 cm³/mol. The molecule has 4 aromatic rings. The number of aromatic amines is 1. The van der Waals surface area contributed by atoms with Crippen LogP contribution < -0.4 is 5.32 Å². The minimum atomic E-state index is -0.166. The number of nitrogens with one attached hydrogen (secondary N) is 2. The number of carbonyl (C=O) groups excluding carboxylic acids is 1. The minimum Gasteiger partial charge on any atom is -0.353 e. The number of benzene rings is 2. The fourth-order valence-corrected chi connectivity index (χ4v) is 2.99. The van der Waals surface area contributed by atoms with Crippen LogP contribution in [-0.4, -0.2) is 15.9 Å². The van der Waals surface area contributed by atoms with Crippen molar-refractivity contribution < 1.29 is 4.79 Å². The van der Waals surface area contributed by atoms with E-state index in [0.717, 1.165) is 33.1 Å². The molecular formula is C21H16ClN3O. The lowest BCUT2D eigenvalue weighted by molar-refractivity contribution is -0.116. The van der Waals surface area contributed by atoms with Crippen molar-refractivity contribution in [2.75, 3.05) is 0 Å². The van der Waals surface area contributed by atoms with Crippen molar-refractivity contribution in [3.63, 3.8) is 0 Å². The summed E-state index contributed by atoms with van der Waals surface area (Å²) in [4.78, 5) is 19.8. The number of hydrogen-bond donors (Lipinski definition) is 2. The molecule has 26 heavy (non-hydrogen) atoms. The molecule has 0 fully saturated rings. The largest absolute Gasteiger partial charge is 0.353 e. The standard InChI is InChI=1S/C21H16ClN3O/c22-15-7-5-14(6-8-15)12-24-21(26)10-9-16-11-18-17-3-1-2-4-19(17)25-20(18)13-23-16/h1-11,13,25H,12H2,(H,24,26)/b10-9+. The zero-order valence-electron chi connectivity index (χ0n) is 13.9. The van der Waals surface area contributed by atoms with Gasteiger partial charge in [-0.05, 0) is 35.9 Å². The number of hydrogen-bond acceptors (Lipinski definition) is 2. The van der Waals surface area contributed by atoms with Gasteiger partial charge in [0.15, 0.2) is 0 Å². The minimum absolute atomic E-state index is 0.166. The summed E-state index contributed by atoms with van der Waals surface area (Å²) >= 11 is 5.85. The number of aromatic nitrogens is 2. The first-order chi connectivity index (χ1) is 12.7. The molecular weight excluding hydrogens is 346 g/mol. The third-order valence-corrected chi connectivity index (χ3v) is 4.45. The lowest BCUT2D eigenvalue weighted by Crippen LogP contribution is -2.20. The Morgan fingerprint density at radius 3 is 2.73 bits per heavy atom. The third-order valence-electron chi connectivity index (χ3n) is 4.20. The van der Waals surface area contributed by atoms with Crippen LogP contribution in [0.3, 0.4) is 0 Å². The van der Waals surface area contributed by atoms with E-state index < -0.39 is 0 Å². The monoisotopic (exact) mass is 361 g/mol. The zero-order valence-corrected chi connectivity index (χ0v) is 14.6. The van der Waals surface area contributed by atoms with Crippen molar-refractivity contribution in [3.8, 4) is 0 Å². The highest BCUT2D eigenvalue weighted by Gasteiger charge is 2.04. The summed E-state index contributed by atoms with van der Waals surface area (Å²) in [6, 6.07) is 17.5. The van der Waals surface area contributed by atoms with E-state index in [-0.39, 0.29) is 5.91 Å². The number of pyridine rings is 1. The van der Waals surface area contributed by atoms with Crippen LogP contribution in [0.2, 0.25) is 5.02 Å². The van der Waals surface area contributed by atoms with Crippen LogP contribution >= 0.6 is 11.6 Å². The molecule has 2 aromatic heterocycles. The fourth-order valence-electron chi connectivity index (χ4n) is 2.87. The van der Waals surface area contributed by atoms with Crippen LogP contribution in [0, 0.1) is 0 Å². The number of para-hydroxylation sites is 1. The summed E-state index contributed by atoms with van der Waals surface area (Å²) in [6.07, 6.45) is 5.01. The Hall–Kier alpha value is -3.11. The van der Waals surface area contributed by atoms with Crippen molar-refractivity contribution in [1.82, 2.24) is 15.3 Å². The van der Waals surface area contributed by atoms with E-state index in [0.29, 0.717) is 11.6 Å². The second-order valence-electron chi connectivity index (χ2n) is 6.00. The van der Waals surface area contributed by atoms with E-state index in [9.17, 15) is 4.79 Å². The molecule has 0 unspecified atom stereocenters. The molecule has 0 bridgehead atoms. The van der Waals surface area contributed by atoms with Gasteiger partial charge in [-0.3, -0.25) is 9.78 Å². The molecule has 0 saturated carbocycles. The summed E-state index contributed by atoms with van der Waals surface area (Å²) in [6.45, 7) is 0.454. The Kier molecular flexibility index (Phi) is 4.42. The smallest absolute Gasteiger partial charge is 0.244 e. The number of carbonyl (C=O) groups is 1. The highest BCUT2D eigenvalue weighted by Crippen LogP contribution is 2.25. The molecule has 0 aliphatic rings. The second kappa shape index (κ2) is 7.02. The Bertz CT molecular complexity index is 1110. The third kappa shape index (κ3) is 3.46. The normalized spacial score (nSPS) is 11.4. The molecule has 0 spiro atoms. The molecule has 0 aliphatic carbocycles. The van der Waals surface area contributed by atoms with Crippen molar-refractivity contribution >= 4 is 45.4 Å². The first-order valence-corrected chi connectivity index (χ1v) is 8.64. The maximum atomic E-state index is 12.0. The maximum absolute atomic E-state index is 12.0. The van der Waals surface area contributed by atoms with Gasteiger partial charge in [0, 0.05) is 33.9 Å². The van der Waals surface area contributed by atoms with Crippen LogP contribution in [0.1, 0.15) is 11.3 Å². The lowest BCUT2D eigenvalue weighted by atomic mass is 10.1. The number of nitrogens with zero attached hydrogens (tertiary/aromatic N) is 1. The Balaban J connectivity index is 1.48. The fraction of sp³-hybridized carbons (Fsp3) is 0.0476. The van der Waals surface area contributed by atoms with Crippen LogP contribution in [0.15, 0.2) is 66.9 Å². The molecule has 2 N–H and O–H groups in total. The van der Waals surface area contributed by atoms with Crippen LogP contribution in [0.25, 0.3) is 27.9 Å². The Morgan fingerprint density at radius 2 is 1.88 bits per heavy atom. The molecule has 1 amide bonds. The molecule has 0 saturated heterocycles. The molecule has 0 aliphatic heterocycles. The topological polar surface area (TPSA) is 57.8 Å². The van der Waals surface area contributed by atoms with Crippen molar-refractivity contribution in [2.45, 2.75) is 6.54 Å². The molecule has 128 valence electrons.